The fourth-order valence-electron chi connectivity index (χ4n) is 1.46. The van der Waals surface area contributed by atoms with Crippen LogP contribution in [0.25, 0.3) is 0 Å². The highest BCUT2D eigenvalue weighted by Crippen LogP contribution is 2.36. The zero-order chi connectivity index (χ0) is 8.55. The normalized spacial score (nSPS) is 13.5. The molecule has 1 heterocycles. The van der Waals surface area contributed by atoms with E-state index in [-0.39, 0.29) is 0 Å². The van der Waals surface area contributed by atoms with Crippen molar-refractivity contribution < 1.29 is 9.47 Å². The van der Waals surface area contributed by atoms with E-state index < -0.39 is 0 Å². The average molecular weight is 164 g/mol. The first-order chi connectivity index (χ1) is 5.81. The maximum atomic E-state index is 5.31. The molecule has 0 N–H and O–H groups in total. The third-order valence-corrected chi connectivity index (χ3v) is 2.13. The Bertz CT molecular complexity index is 305. The van der Waals surface area contributed by atoms with Gasteiger partial charge >= 0.3 is 0 Å². The van der Waals surface area contributed by atoms with Gasteiger partial charge in [-0.3, -0.25) is 0 Å². The van der Waals surface area contributed by atoms with Crippen molar-refractivity contribution in [2.75, 3.05) is 6.79 Å². The Morgan fingerprint density at radius 3 is 2.92 bits per heavy atom. The molecule has 2 nitrogen and oxygen atoms in total. The molecule has 0 aliphatic carbocycles. The quantitative estimate of drug-likeness (QED) is 0.634. The summed E-state index contributed by atoms with van der Waals surface area (Å²) in [5, 5.41) is 0. The Labute approximate surface area is 72.1 Å². The van der Waals surface area contributed by atoms with Gasteiger partial charge in [-0.2, -0.15) is 0 Å². The van der Waals surface area contributed by atoms with Crippen molar-refractivity contribution in [3.63, 3.8) is 0 Å². The third kappa shape index (κ3) is 1.04. The van der Waals surface area contributed by atoms with Crippen LogP contribution in [0, 0.1) is 6.92 Å². The lowest BCUT2D eigenvalue weighted by atomic mass is 10.1. The van der Waals surface area contributed by atoms with Crippen LogP contribution < -0.4 is 9.47 Å². The Balaban J connectivity index is 2.51. The monoisotopic (exact) mass is 164 g/mol. The van der Waals surface area contributed by atoms with Gasteiger partial charge in [0.25, 0.3) is 0 Å². The predicted molar refractivity (Wildman–Crippen MR) is 46.7 cm³/mol. The fourth-order valence-corrected chi connectivity index (χ4v) is 1.46. The van der Waals surface area contributed by atoms with E-state index >= 15 is 0 Å². The van der Waals surface area contributed by atoms with Crippen LogP contribution in [-0.2, 0) is 6.42 Å². The van der Waals surface area contributed by atoms with Crippen LogP contribution in [0.3, 0.4) is 0 Å². The molecule has 1 aliphatic rings. The number of aryl methyl sites for hydroxylation is 2. The molecule has 0 atom stereocenters. The number of benzene rings is 1. The van der Waals surface area contributed by atoms with Gasteiger partial charge in [-0.1, -0.05) is 13.0 Å². The van der Waals surface area contributed by atoms with Crippen LogP contribution in [0.2, 0.25) is 0 Å². The van der Waals surface area contributed by atoms with E-state index in [0.717, 1.165) is 17.9 Å². The topological polar surface area (TPSA) is 18.5 Å². The second kappa shape index (κ2) is 2.70. The van der Waals surface area contributed by atoms with Gasteiger partial charge in [-0.25, -0.2) is 0 Å². The van der Waals surface area contributed by atoms with Gasteiger partial charge < -0.3 is 9.47 Å². The number of hydrogen-bond donors (Lipinski definition) is 0. The van der Waals surface area contributed by atoms with Gasteiger partial charge in [-0.05, 0) is 30.5 Å². The lowest BCUT2D eigenvalue weighted by molar-refractivity contribution is 0.173. The standard InChI is InChI=1S/C10H12O2/c1-3-8-4-7(2)10-9(5-8)11-6-12-10/h4-5H,3,6H2,1-2H3. The van der Waals surface area contributed by atoms with Crippen LogP contribution in [0.5, 0.6) is 11.5 Å². The summed E-state index contributed by atoms with van der Waals surface area (Å²) in [7, 11) is 0. The van der Waals surface area contributed by atoms with E-state index in [1.165, 1.54) is 11.1 Å². The predicted octanol–water partition coefficient (Wildman–Crippen LogP) is 2.29. The molecule has 0 radical (unpaired) electrons. The summed E-state index contributed by atoms with van der Waals surface area (Å²) >= 11 is 0. The number of rotatable bonds is 1. The Morgan fingerprint density at radius 2 is 2.17 bits per heavy atom. The van der Waals surface area contributed by atoms with Crippen molar-refractivity contribution in [2.45, 2.75) is 20.3 Å². The van der Waals surface area contributed by atoms with E-state index in [2.05, 4.69) is 19.1 Å². The van der Waals surface area contributed by atoms with E-state index in [9.17, 15) is 0 Å². The molecule has 0 spiro atoms. The molecule has 0 bridgehead atoms. The number of ether oxygens (including phenoxy) is 2. The summed E-state index contributed by atoms with van der Waals surface area (Å²) in [5.41, 5.74) is 2.47. The van der Waals surface area contributed by atoms with E-state index in [4.69, 9.17) is 9.47 Å². The van der Waals surface area contributed by atoms with Crippen molar-refractivity contribution in [1.29, 1.82) is 0 Å². The molecule has 0 fully saturated rings. The molecular formula is C10H12O2. The third-order valence-electron chi connectivity index (χ3n) is 2.13. The van der Waals surface area contributed by atoms with E-state index in [1.54, 1.807) is 0 Å². The average Bonchev–Trinajstić information content (AvgIpc) is 2.52. The van der Waals surface area contributed by atoms with Crippen molar-refractivity contribution in [3.05, 3.63) is 23.3 Å². The first-order valence-corrected chi connectivity index (χ1v) is 4.20. The molecule has 1 aliphatic heterocycles. The van der Waals surface area contributed by atoms with Gasteiger partial charge in [0.15, 0.2) is 11.5 Å². The molecule has 1 aromatic rings. The largest absolute Gasteiger partial charge is 0.454 e. The lowest BCUT2D eigenvalue weighted by Crippen LogP contribution is -1.93. The molecule has 2 heteroatoms. The van der Waals surface area contributed by atoms with Crippen molar-refractivity contribution in [2.24, 2.45) is 0 Å². The minimum atomic E-state index is 0.364. The molecule has 12 heavy (non-hydrogen) atoms. The second-order valence-corrected chi connectivity index (χ2v) is 3.00. The fraction of sp³-hybridized carbons (Fsp3) is 0.400. The van der Waals surface area contributed by atoms with Gasteiger partial charge in [-0.15, -0.1) is 0 Å². The highest BCUT2D eigenvalue weighted by molar-refractivity contribution is 5.50. The van der Waals surface area contributed by atoms with Gasteiger partial charge in [0.1, 0.15) is 0 Å². The van der Waals surface area contributed by atoms with Gasteiger partial charge in [0, 0.05) is 0 Å². The van der Waals surface area contributed by atoms with Crippen LogP contribution >= 0.6 is 0 Å². The number of hydrogen-bond acceptors (Lipinski definition) is 2. The highest BCUT2D eigenvalue weighted by atomic mass is 16.7. The summed E-state index contributed by atoms with van der Waals surface area (Å²) in [4.78, 5) is 0. The zero-order valence-corrected chi connectivity index (χ0v) is 7.39. The molecule has 0 saturated heterocycles. The lowest BCUT2D eigenvalue weighted by Gasteiger charge is -2.03. The summed E-state index contributed by atoms with van der Waals surface area (Å²) in [6, 6.07) is 4.20. The maximum Gasteiger partial charge on any atom is 0.231 e. The second-order valence-electron chi connectivity index (χ2n) is 3.00. The van der Waals surface area contributed by atoms with Crippen LogP contribution in [-0.4, -0.2) is 6.79 Å². The maximum absolute atomic E-state index is 5.31. The smallest absolute Gasteiger partial charge is 0.231 e. The van der Waals surface area contributed by atoms with Crippen LogP contribution in [0.1, 0.15) is 18.1 Å². The van der Waals surface area contributed by atoms with Crippen molar-refractivity contribution in [3.8, 4) is 11.5 Å². The van der Waals surface area contributed by atoms with Crippen LogP contribution in [0.15, 0.2) is 12.1 Å². The van der Waals surface area contributed by atoms with Crippen LogP contribution in [0.4, 0.5) is 0 Å². The van der Waals surface area contributed by atoms with Gasteiger partial charge in [0.05, 0.1) is 0 Å². The molecule has 64 valence electrons. The van der Waals surface area contributed by atoms with Gasteiger partial charge in [0.2, 0.25) is 6.79 Å². The summed E-state index contributed by atoms with van der Waals surface area (Å²) in [5.74, 6) is 1.80. The summed E-state index contributed by atoms with van der Waals surface area (Å²) in [6.07, 6.45) is 1.04. The Morgan fingerprint density at radius 1 is 1.33 bits per heavy atom. The van der Waals surface area contributed by atoms with E-state index in [0.29, 0.717) is 6.79 Å². The molecule has 0 unspecified atom stereocenters. The molecule has 0 saturated carbocycles. The zero-order valence-electron chi connectivity index (χ0n) is 7.39. The molecular weight excluding hydrogens is 152 g/mol. The molecule has 2 rings (SSSR count). The Kier molecular flexibility index (Phi) is 1.68. The first kappa shape index (κ1) is 7.47. The summed E-state index contributed by atoms with van der Waals surface area (Å²) in [6.45, 7) is 4.55. The van der Waals surface area contributed by atoms with E-state index in [1.807, 2.05) is 6.92 Å². The SMILES string of the molecule is CCc1cc(C)c2c(c1)OCO2. The number of fused-ring (bicyclic) bond motifs is 1. The molecule has 1 aromatic carbocycles. The Hall–Kier alpha value is -1.18. The minimum Gasteiger partial charge on any atom is -0.454 e. The highest BCUT2D eigenvalue weighted by Gasteiger charge is 2.15. The molecule has 0 aromatic heterocycles. The minimum absolute atomic E-state index is 0.364. The summed E-state index contributed by atoms with van der Waals surface area (Å²) < 4.78 is 10.6. The van der Waals surface area contributed by atoms with Crippen molar-refractivity contribution >= 4 is 0 Å². The first-order valence-electron chi connectivity index (χ1n) is 4.20. The van der Waals surface area contributed by atoms with Crippen molar-refractivity contribution in [1.82, 2.24) is 0 Å². The molecule has 0 amide bonds.